The van der Waals surface area contributed by atoms with Crippen LogP contribution in [0.1, 0.15) is 11.1 Å². The van der Waals surface area contributed by atoms with Crippen molar-refractivity contribution in [3.8, 4) is 23.8 Å². The molecule has 0 radical (unpaired) electrons. The van der Waals surface area contributed by atoms with Gasteiger partial charge in [0.2, 0.25) is 0 Å². The molecule has 0 saturated heterocycles. The molecule has 0 aromatic heterocycles. The lowest BCUT2D eigenvalue weighted by atomic mass is 10.0. The first-order chi connectivity index (χ1) is 11.3. The van der Waals surface area contributed by atoms with Crippen LogP contribution in [0.5, 0.6) is 11.5 Å². The first-order valence-electron chi connectivity index (χ1n) is 7.52. The molecule has 0 bridgehead atoms. The number of fused-ring (bicyclic) bond motifs is 1. The summed E-state index contributed by atoms with van der Waals surface area (Å²) in [4.78, 5) is 0. The van der Waals surface area contributed by atoms with E-state index >= 15 is 0 Å². The van der Waals surface area contributed by atoms with Crippen molar-refractivity contribution in [2.45, 2.75) is 13.0 Å². The maximum atomic E-state index is 6.14. The summed E-state index contributed by atoms with van der Waals surface area (Å²) in [5.74, 6) is 4.37. The summed E-state index contributed by atoms with van der Waals surface area (Å²) >= 11 is 0. The van der Waals surface area contributed by atoms with E-state index in [0.717, 1.165) is 33.4 Å². The van der Waals surface area contributed by atoms with E-state index in [1.165, 1.54) is 0 Å². The Kier molecular flexibility index (Phi) is 4.49. The van der Waals surface area contributed by atoms with Crippen molar-refractivity contribution >= 4 is 10.8 Å². The largest absolute Gasteiger partial charge is 0.496 e. The van der Waals surface area contributed by atoms with Gasteiger partial charge in [0.15, 0.2) is 0 Å². The van der Waals surface area contributed by atoms with Crippen LogP contribution in [0, 0.1) is 12.3 Å². The van der Waals surface area contributed by atoms with E-state index in [1.807, 2.05) is 60.7 Å². The summed E-state index contributed by atoms with van der Waals surface area (Å²) in [6.45, 7) is 0.509. The van der Waals surface area contributed by atoms with Gasteiger partial charge < -0.3 is 9.47 Å². The minimum Gasteiger partial charge on any atom is -0.496 e. The summed E-state index contributed by atoms with van der Waals surface area (Å²) in [6.07, 6.45) is 6.05. The molecule has 3 aromatic carbocycles. The maximum Gasteiger partial charge on any atom is 0.131 e. The van der Waals surface area contributed by atoms with E-state index in [4.69, 9.17) is 15.9 Å². The highest BCUT2D eigenvalue weighted by molar-refractivity contribution is 5.94. The van der Waals surface area contributed by atoms with Crippen molar-refractivity contribution in [2.75, 3.05) is 7.11 Å². The molecule has 0 fully saturated rings. The number of rotatable bonds is 5. The molecule has 0 aliphatic rings. The fourth-order valence-corrected chi connectivity index (χ4v) is 2.67. The number of ether oxygens (including phenoxy) is 2. The highest BCUT2D eigenvalue weighted by Crippen LogP contribution is 2.35. The van der Waals surface area contributed by atoms with Gasteiger partial charge in [-0.25, -0.2) is 0 Å². The molecule has 2 nitrogen and oxygen atoms in total. The van der Waals surface area contributed by atoms with E-state index in [1.54, 1.807) is 7.11 Å². The van der Waals surface area contributed by atoms with Crippen LogP contribution in [0.2, 0.25) is 0 Å². The van der Waals surface area contributed by atoms with Crippen LogP contribution in [-0.4, -0.2) is 7.11 Å². The SMILES string of the molecule is C#CCc1ccc2c(OC)cccc2c1OCc1ccccc1. The predicted octanol–water partition coefficient (Wildman–Crippen LogP) is 4.60. The summed E-state index contributed by atoms with van der Waals surface area (Å²) in [7, 11) is 1.68. The zero-order valence-electron chi connectivity index (χ0n) is 13.1. The van der Waals surface area contributed by atoms with Gasteiger partial charge in [-0.2, -0.15) is 0 Å². The average Bonchev–Trinajstić information content (AvgIpc) is 2.61. The molecular formula is C21H18O2. The third-order valence-electron chi connectivity index (χ3n) is 3.79. The first kappa shape index (κ1) is 15.0. The lowest BCUT2D eigenvalue weighted by Gasteiger charge is -2.15. The highest BCUT2D eigenvalue weighted by Gasteiger charge is 2.11. The Morgan fingerprint density at radius 3 is 2.48 bits per heavy atom. The van der Waals surface area contributed by atoms with E-state index in [0.29, 0.717) is 13.0 Å². The Labute approximate surface area is 136 Å². The van der Waals surface area contributed by atoms with Crippen LogP contribution in [-0.2, 0) is 13.0 Å². The minimum atomic E-state index is 0.509. The molecule has 0 atom stereocenters. The summed E-state index contributed by atoms with van der Waals surface area (Å²) in [5, 5.41) is 2.05. The van der Waals surface area contributed by atoms with Crippen LogP contribution < -0.4 is 9.47 Å². The lowest BCUT2D eigenvalue weighted by molar-refractivity contribution is 0.307. The minimum absolute atomic E-state index is 0.509. The Morgan fingerprint density at radius 1 is 0.913 bits per heavy atom. The molecule has 3 rings (SSSR count). The van der Waals surface area contributed by atoms with Crippen LogP contribution in [0.15, 0.2) is 60.7 Å². The highest BCUT2D eigenvalue weighted by atomic mass is 16.5. The second-order valence-electron chi connectivity index (χ2n) is 5.26. The molecule has 3 aromatic rings. The number of terminal acetylenes is 1. The normalized spacial score (nSPS) is 10.3. The average molecular weight is 302 g/mol. The second kappa shape index (κ2) is 6.89. The van der Waals surface area contributed by atoms with Crippen LogP contribution in [0.3, 0.4) is 0 Å². The topological polar surface area (TPSA) is 18.5 Å². The van der Waals surface area contributed by atoms with Crippen molar-refractivity contribution in [1.29, 1.82) is 0 Å². The van der Waals surface area contributed by atoms with Crippen LogP contribution in [0.4, 0.5) is 0 Å². The quantitative estimate of drug-likeness (QED) is 0.641. The molecule has 0 N–H and O–H groups in total. The van der Waals surface area contributed by atoms with E-state index in [-0.39, 0.29) is 0 Å². The molecule has 0 heterocycles. The van der Waals surface area contributed by atoms with E-state index in [9.17, 15) is 0 Å². The maximum absolute atomic E-state index is 6.14. The van der Waals surface area contributed by atoms with Crippen molar-refractivity contribution in [2.24, 2.45) is 0 Å². The van der Waals surface area contributed by atoms with E-state index in [2.05, 4.69) is 5.92 Å². The Bertz CT molecular complexity index is 845. The van der Waals surface area contributed by atoms with Crippen molar-refractivity contribution in [3.05, 3.63) is 71.8 Å². The Hall–Kier alpha value is -2.92. The summed E-state index contributed by atoms with van der Waals surface area (Å²) in [6, 6.07) is 20.1. The zero-order chi connectivity index (χ0) is 16.1. The molecule has 0 amide bonds. The van der Waals surface area contributed by atoms with Crippen molar-refractivity contribution in [1.82, 2.24) is 0 Å². The van der Waals surface area contributed by atoms with Crippen molar-refractivity contribution in [3.63, 3.8) is 0 Å². The molecule has 0 saturated carbocycles. The zero-order valence-corrected chi connectivity index (χ0v) is 13.1. The van der Waals surface area contributed by atoms with Gasteiger partial charge in [0.1, 0.15) is 18.1 Å². The van der Waals surface area contributed by atoms with Gasteiger partial charge in [-0.1, -0.05) is 54.6 Å². The summed E-state index contributed by atoms with van der Waals surface area (Å²) < 4.78 is 11.6. The Balaban J connectivity index is 2.04. The molecular weight excluding hydrogens is 284 g/mol. The van der Waals surface area contributed by atoms with Gasteiger partial charge in [-0.3, -0.25) is 0 Å². The van der Waals surface area contributed by atoms with Gasteiger partial charge in [-0.15, -0.1) is 12.3 Å². The molecule has 0 unspecified atom stereocenters. The van der Waals surface area contributed by atoms with Crippen LogP contribution >= 0.6 is 0 Å². The molecule has 0 aliphatic heterocycles. The number of methoxy groups -OCH3 is 1. The molecule has 23 heavy (non-hydrogen) atoms. The Morgan fingerprint density at radius 2 is 1.74 bits per heavy atom. The second-order valence-corrected chi connectivity index (χ2v) is 5.26. The number of benzene rings is 3. The number of hydrogen-bond donors (Lipinski definition) is 0. The monoisotopic (exact) mass is 302 g/mol. The molecule has 0 aliphatic carbocycles. The smallest absolute Gasteiger partial charge is 0.131 e. The third kappa shape index (κ3) is 3.14. The van der Waals surface area contributed by atoms with Gasteiger partial charge >= 0.3 is 0 Å². The molecule has 0 spiro atoms. The molecule has 114 valence electrons. The lowest BCUT2D eigenvalue weighted by Crippen LogP contribution is -2.00. The predicted molar refractivity (Wildman–Crippen MR) is 93.8 cm³/mol. The summed E-state index contributed by atoms with van der Waals surface area (Å²) in [5.41, 5.74) is 2.14. The van der Waals surface area contributed by atoms with Gasteiger partial charge in [0.05, 0.1) is 7.11 Å². The third-order valence-corrected chi connectivity index (χ3v) is 3.79. The van der Waals surface area contributed by atoms with Gasteiger partial charge in [0, 0.05) is 22.8 Å². The van der Waals surface area contributed by atoms with Crippen molar-refractivity contribution < 1.29 is 9.47 Å². The van der Waals surface area contributed by atoms with E-state index < -0.39 is 0 Å². The first-order valence-corrected chi connectivity index (χ1v) is 7.52. The van der Waals surface area contributed by atoms with Crippen LogP contribution in [0.25, 0.3) is 10.8 Å². The van der Waals surface area contributed by atoms with Gasteiger partial charge in [-0.05, 0) is 11.6 Å². The fraction of sp³-hybridized carbons (Fsp3) is 0.143. The fourth-order valence-electron chi connectivity index (χ4n) is 2.67. The number of hydrogen-bond acceptors (Lipinski definition) is 2. The standard InChI is InChI=1S/C21H18O2/c1-3-8-17-13-14-18-19(11-7-12-20(18)22-2)21(17)23-15-16-9-5-4-6-10-16/h1,4-7,9-14H,8,15H2,2H3. The van der Waals surface area contributed by atoms with Gasteiger partial charge in [0.25, 0.3) is 0 Å². The molecule has 2 heteroatoms.